The molecule has 0 unspecified atom stereocenters. The Balaban J connectivity index is 1.55. The number of anilines is 2. The van der Waals surface area contributed by atoms with Crippen LogP contribution in [-0.2, 0) is 26.3 Å². The highest BCUT2D eigenvalue weighted by atomic mass is 35.5. The van der Waals surface area contributed by atoms with E-state index in [1.807, 2.05) is 18.2 Å². The number of amides is 3. The lowest BCUT2D eigenvalue weighted by Gasteiger charge is -2.36. The van der Waals surface area contributed by atoms with E-state index in [2.05, 4.69) is 17.1 Å². The number of rotatable bonds is 2. The average Bonchev–Trinajstić information content (AvgIpc) is 3.47. The van der Waals surface area contributed by atoms with Crippen LogP contribution in [0.15, 0.2) is 42.5 Å². The van der Waals surface area contributed by atoms with Crippen LogP contribution in [0.1, 0.15) is 30.9 Å². The van der Waals surface area contributed by atoms with E-state index in [0.29, 0.717) is 17.3 Å². The van der Waals surface area contributed by atoms with E-state index < -0.39 is 17.4 Å². The lowest BCUT2D eigenvalue weighted by molar-refractivity contribution is -0.135. The number of fused-ring (bicyclic) bond motifs is 7. The highest BCUT2D eigenvalue weighted by molar-refractivity contribution is 6.31. The summed E-state index contributed by atoms with van der Waals surface area (Å²) in [5, 5.41) is 3.56. The van der Waals surface area contributed by atoms with Gasteiger partial charge in [-0.1, -0.05) is 30.7 Å². The molecule has 4 heterocycles. The molecule has 4 aliphatic heterocycles. The molecule has 0 saturated carbocycles. The lowest BCUT2D eigenvalue weighted by atomic mass is 9.75. The maximum atomic E-state index is 13.9. The van der Waals surface area contributed by atoms with E-state index >= 15 is 0 Å². The maximum Gasteiger partial charge on any atom is 0.250 e. The fourth-order valence-corrected chi connectivity index (χ4v) is 6.44. The van der Waals surface area contributed by atoms with E-state index in [4.69, 9.17) is 11.6 Å². The molecular formula is C24H22ClN3O3. The summed E-state index contributed by atoms with van der Waals surface area (Å²) in [6.07, 6.45) is 2.56. The number of nitrogens with zero attached hydrogens (tertiary/aromatic N) is 2. The van der Waals surface area contributed by atoms with Gasteiger partial charge in [-0.3, -0.25) is 19.3 Å². The van der Waals surface area contributed by atoms with Crippen molar-refractivity contribution in [2.24, 2.45) is 11.8 Å². The van der Waals surface area contributed by atoms with Gasteiger partial charge in [0.15, 0.2) is 0 Å². The molecule has 6 rings (SSSR count). The van der Waals surface area contributed by atoms with Gasteiger partial charge in [-0.2, -0.15) is 0 Å². The standard InChI is InChI=1S/C24H22ClN3O3/c1-2-13-5-10-17-16(12-13)24(23(31)26-17)20-19(18-4-3-11-27(18)24)21(29)28(22(20)30)15-8-6-14(25)7-9-15/h5-10,12,18-20H,2-4,11H2,1H3,(H,26,31)/t18-,19-,20+,24-/m1/s1. The molecule has 1 spiro atoms. The fourth-order valence-electron chi connectivity index (χ4n) is 6.31. The summed E-state index contributed by atoms with van der Waals surface area (Å²) < 4.78 is 0. The van der Waals surface area contributed by atoms with Crippen molar-refractivity contribution in [2.45, 2.75) is 37.8 Å². The summed E-state index contributed by atoms with van der Waals surface area (Å²) in [6, 6.07) is 12.6. The topological polar surface area (TPSA) is 69.7 Å². The minimum absolute atomic E-state index is 0.110. The Morgan fingerprint density at radius 1 is 1.10 bits per heavy atom. The Hall–Kier alpha value is -2.70. The lowest BCUT2D eigenvalue weighted by Crippen LogP contribution is -2.54. The largest absolute Gasteiger partial charge is 0.324 e. The first kappa shape index (κ1) is 19.0. The number of carbonyl (C=O) groups is 3. The molecule has 7 heteroatoms. The number of hydrogen-bond acceptors (Lipinski definition) is 4. The first-order valence-electron chi connectivity index (χ1n) is 10.8. The van der Waals surface area contributed by atoms with Crippen molar-refractivity contribution in [1.82, 2.24) is 4.90 Å². The smallest absolute Gasteiger partial charge is 0.250 e. The van der Waals surface area contributed by atoms with E-state index in [1.165, 1.54) is 4.90 Å². The highest BCUT2D eigenvalue weighted by Gasteiger charge is 2.74. The predicted octanol–water partition coefficient (Wildman–Crippen LogP) is 3.33. The molecule has 4 atom stereocenters. The van der Waals surface area contributed by atoms with E-state index in [9.17, 15) is 14.4 Å². The summed E-state index contributed by atoms with van der Waals surface area (Å²) in [5.74, 6) is -1.94. The third-order valence-corrected chi connectivity index (χ3v) is 7.80. The number of benzene rings is 2. The predicted molar refractivity (Wildman–Crippen MR) is 117 cm³/mol. The first-order valence-corrected chi connectivity index (χ1v) is 11.2. The number of imide groups is 1. The van der Waals surface area contributed by atoms with Crippen LogP contribution in [-0.4, -0.2) is 35.2 Å². The van der Waals surface area contributed by atoms with Crippen molar-refractivity contribution in [3.63, 3.8) is 0 Å². The normalized spacial score (nSPS) is 31.4. The SMILES string of the molecule is CCc1ccc2c(c1)[C@]1(C(=O)N2)[C@@H]2C(=O)N(c3ccc(Cl)cc3)C(=O)[C@@H]2[C@H]2CCCN21. The van der Waals surface area contributed by atoms with Crippen molar-refractivity contribution in [3.05, 3.63) is 58.6 Å². The van der Waals surface area contributed by atoms with Crippen molar-refractivity contribution >= 4 is 40.7 Å². The summed E-state index contributed by atoms with van der Waals surface area (Å²) in [7, 11) is 0. The second-order valence-corrected chi connectivity index (χ2v) is 9.29. The molecule has 158 valence electrons. The molecule has 2 aromatic rings. The van der Waals surface area contributed by atoms with Crippen molar-refractivity contribution in [3.8, 4) is 0 Å². The summed E-state index contributed by atoms with van der Waals surface area (Å²) >= 11 is 6.01. The van der Waals surface area contributed by atoms with E-state index in [-0.39, 0.29) is 23.8 Å². The number of carbonyl (C=O) groups excluding carboxylic acids is 3. The monoisotopic (exact) mass is 435 g/mol. The molecule has 2 aromatic carbocycles. The van der Waals surface area contributed by atoms with Crippen molar-refractivity contribution < 1.29 is 14.4 Å². The second-order valence-electron chi connectivity index (χ2n) is 8.85. The van der Waals surface area contributed by atoms with E-state index in [0.717, 1.165) is 36.1 Å². The molecular weight excluding hydrogens is 414 g/mol. The van der Waals surface area contributed by atoms with Gasteiger partial charge in [0.1, 0.15) is 5.54 Å². The summed E-state index contributed by atoms with van der Waals surface area (Å²) in [4.78, 5) is 44.5. The van der Waals surface area contributed by atoms with Crippen LogP contribution in [0.2, 0.25) is 5.02 Å². The maximum absolute atomic E-state index is 13.9. The molecule has 0 radical (unpaired) electrons. The van der Waals surface area contributed by atoms with Gasteiger partial charge in [-0.05, 0) is 61.7 Å². The zero-order valence-corrected chi connectivity index (χ0v) is 17.9. The highest BCUT2D eigenvalue weighted by Crippen LogP contribution is 2.60. The van der Waals surface area contributed by atoms with Crippen molar-refractivity contribution in [2.75, 3.05) is 16.8 Å². The Kier molecular flexibility index (Phi) is 3.93. The van der Waals surface area contributed by atoms with Crippen LogP contribution in [0, 0.1) is 11.8 Å². The van der Waals surface area contributed by atoms with Crippen LogP contribution < -0.4 is 10.2 Å². The third kappa shape index (κ3) is 2.24. The van der Waals surface area contributed by atoms with E-state index in [1.54, 1.807) is 24.3 Å². The number of halogens is 1. The molecule has 0 bridgehead atoms. The number of aryl methyl sites for hydroxylation is 1. The third-order valence-electron chi connectivity index (χ3n) is 7.55. The molecule has 31 heavy (non-hydrogen) atoms. The quantitative estimate of drug-likeness (QED) is 0.734. The second kappa shape index (κ2) is 6.40. The zero-order chi connectivity index (χ0) is 21.5. The van der Waals surface area contributed by atoms with Crippen LogP contribution in [0.5, 0.6) is 0 Å². The van der Waals surface area contributed by atoms with Gasteiger partial charge >= 0.3 is 0 Å². The molecule has 3 saturated heterocycles. The number of hydrogen-bond donors (Lipinski definition) is 1. The van der Waals surface area contributed by atoms with Crippen molar-refractivity contribution in [1.29, 1.82) is 0 Å². The summed E-state index contributed by atoms with van der Waals surface area (Å²) in [6.45, 7) is 2.78. The summed E-state index contributed by atoms with van der Waals surface area (Å²) in [5.41, 5.74) is 2.09. The fraction of sp³-hybridized carbons (Fsp3) is 0.375. The molecule has 3 fully saturated rings. The minimum atomic E-state index is -1.12. The van der Waals surface area contributed by atoms with Crippen LogP contribution in [0.3, 0.4) is 0 Å². The molecule has 0 aromatic heterocycles. The van der Waals surface area contributed by atoms with Gasteiger partial charge in [0.05, 0.1) is 17.5 Å². The zero-order valence-electron chi connectivity index (χ0n) is 17.1. The Labute approximate surface area is 185 Å². The minimum Gasteiger partial charge on any atom is -0.324 e. The molecule has 0 aliphatic carbocycles. The Bertz CT molecular complexity index is 1150. The molecule has 1 N–H and O–H groups in total. The average molecular weight is 436 g/mol. The van der Waals surface area contributed by atoms with Gasteiger partial charge in [0, 0.05) is 22.3 Å². The van der Waals surface area contributed by atoms with Gasteiger partial charge in [0.2, 0.25) is 17.7 Å². The Morgan fingerprint density at radius 2 is 1.87 bits per heavy atom. The van der Waals surface area contributed by atoms with Gasteiger partial charge in [-0.15, -0.1) is 0 Å². The van der Waals surface area contributed by atoms with Gasteiger partial charge < -0.3 is 5.32 Å². The molecule has 3 amide bonds. The van der Waals surface area contributed by atoms with Crippen LogP contribution in [0.4, 0.5) is 11.4 Å². The van der Waals surface area contributed by atoms with Crippen LogP contribution >= 0.6 is 11.6 Å². The number of nitrogens with one attached hydrogen (secondary N) is 1. The first-order chi connectivity index (χ1) is 15.0. The molecule has 4 aliphatic rings. The van der Waals surface area contributed by atoms with Crippen LogP contribution in [0.25, 0.3) is 0 Å². The van der Waals surface area contributed by atoms with Gasteiger partial charge in [0.25, 0.3) is 0 Å². The van der Waals surface area contributed by atoms with Gasteiger partial charge in [-0.25, -0.2) is 4.90 Å². The molecule has 6 nitrogen and oxygen atoms in total. The Morgan fingerprint density at radius 3 is 2.61 bits per heavy atom.